The third-order valence-electron chi connectivity index (χ3n) is 5.84. The summed E-state index contributed by atoms with van der Waals surface area (Å²) < 4.78 is 12.5. The van der Waals surface area contributed by atoms with Crippen LogP contribution in [0.25, 0.3) is 0 Å². The van der Waals surface area contributed by atoms with Crippen LogP contribution in [0.2, 0.25) is 0 Å². The lowest BCUT2D eigenvalue weighted by molar-refractivity contribution is -0.126. The predicted molar refractivity (Wildman–Crippen MR) is 140 cm³/mol. The quantitative estimate of drug-likeness (QED) is 0.357. The molecule has 1 heterocycles. The highest BCUT2D eigenvalue weighted by Gasteiger charge is 2.44. The van der Waals surface area contributed by atoms with Crippen LogP contribution in [0.5, 0.6) is 5.75 Å². The molecule has 1 aliphatic rings. The molecule has 2 N–H and O–H groups in total. The van der Waals surface area contributed by atoms with Gasteiger partial charge < -0.3 is 19.9 Å². The molecule has 0 aromatic heterocycles. The van der Waals surface area contributed by atoms with E-state index in [2.05, 4.69) is 33.4 Å². The van der Waals surface area contributed by atoms with E-state index in [1.807, 2.05) is 66.7 Å². The number of aliphatic imine (C=N–C) groups is 1. The number of ether oxygens (including phenoxy) is 2. The van der Waals surface area contributed by atoms with Gasteiger partial charge in [0.25, 0.3) is 5.91 Å². The highest BCUT2D eigenvalue weighted by atomic mass is 79.9. The summed E-state index contributed by atoms with van der Waals surface area (Å²) in [4.78, 5) is 18.3. The first-order valence-electron chi connectivity index (χ1n) is 11.7. The first-order valence-corrected chi connectivity index (χ1v) is 12.5. The van der Waals surface area contributed by atoms with Crippen molar-refractivity contribution in [3.63, 3.8) is 0 Å². The summed E-state index contributed by atoms with van der Waals surface area (Å²) in [6.07, 6.45) is 1.73. The molecule has 3 aromatic rings. The largest absolute Gasteiger partial charge is 0.494 e. The molecule has 35 heavy (non-hydrogen) atoms. The summed E-state index contributed by atoms with van der Waals surface area (Å²) in [5.41, 5.74) is 1.88. The van der Waals surface area contributed by atoms with E-state index >= 15 is 0 Å². The third-order valence-corrected chi connectivity index (χ3v) is 6.61. The van der Waals surface area contributed by atoms with Crippen LogP contribution in [0.15, 0.2) is 88.3 Å². The predicted octanol–water partition coefficient (Wildman–Crippen LogP) is 4.33. The van der Waals surface area contributed by atoms with Crippen molar-refractivity contribution in [1.29, 1.82) is 0 Å². The standard InChI is InChI=1S/C28H29BrN2O4/c29-25-10-5-4-9-23(25)19-28(27(33)30-16-15-21-7-2-1-3-8-21)20-35-26(31-28)22-11-13-24(14-12-22)34-18-6-17-32/h1-5,7-14,32H,6,15-20H2,(H,30,33)/t28-/m1/s1. The number of amides is 1. The Hall–Kier alpha value is -3.16. The number of carbonyl (C=O) groups excluding carboxylic acids is 1. The van der Waals surface area contributed by atoms with Crippen LogP contribution in [-0.2, 0) is 22.4 Å². The third kappa shape index (κ3) is 6.50. The maximum absolute atomic E-state index is 13.5. The van der Waals surface area contributed by atoms with Gasteiger partial charge in [-0.25, -0.2) is 4.99 Å². The van der Waals surface area contributed by atoms with Gasteiger partial charge in [0.15, 0.2) is 5.54 Å². The van der Waals surface area contributed by atoms with Crippen LogP contribution < -0.4 is 10.1 Å². The second kappa shape index (κ2) is 12.0. The van der Waals surface area contributed by atoms with E-state index < -0.39 is 5.54 Å². The zero-order valence-corrected chi connectivity index (χ0v) is 21.0. The minimum absolute atomic E-state index is 0.0930. The molecule has 182 valence electrons. The molecular weight excluding hydrogens is 508 g/mol. The number of nitrogens with zero attached hydrogens (tertiary/aromatic N) is 1. The van der Waals surface area contributed by atoms with E-state index in [0.29, 0.717) is 37.6 Å². The molecule has 1 atom stereocenters. The number of rotatable bonds is 11. The molecular formula is C28H29BrN2O4. The number of hydrogen-bond acceptors (Lipinski definition) is 5. The zero-order chi connectivity index (χ0) is 24.5. The Bertz CT molecular complexity index is 1150. The molecule has 6 nitrogen and oxygen atoms in total. The Balaban J connectivity index is 1.52. The van der Waals surface area contributed by atoms with Gasteiger partial charge in [-0.2, -0.15) is 0 Å². The van der Waals surface area contributed by atoms with Gasteiger partial charge in [0.1, 0.15) is 12.4 Å². The molecule has 0 spiro atoms. The number of aliphatic hydroxyl groups is 1. The Morgan fingerprint density at radius 1 is 1.06 bits per heavy atom. The van der Waals surface area contributed by atoms with Crippen molar-refractivity contribution in [3.05, 3.63) is 100 Å². The smallest absolute Gasteiger partial charge is 0.251 e. The zero-order valence-electron chi connectivity index (χ0n) is 19.5. The van der Waals surface area contributed by atoms with E-state index in [-0.39, 0.29) is 19.1 Å². The van der Waals surface area contributed by atoms with E-state index in [0.717, 1.165) is 22.0 Å². The van der Waals surface area contributed by atoms with Crippen LogP contribution in [0.4, 0.5) is 0 Å². The molecule has 1 aliphatic heterocycles. The normalized spacial score (nSPS) is 16.9. The van der Waals surface area contributed by atoms with Gasteiger partial charge in [0.05, 0.1) is 6.61 Å². The Kier molecular flexibility index (Phi) is 8.55. The lowest BCUT2D eigenvalue weighted by Gasteiger charge is -2.24. The van der Waals surface area contributed by atoms with E-state index in [1.54, 1.807) is 0 Å². The molecule has 0 saturated heterocycles. The minimum Gasteiger partial charge on any atom is -0.494 e. The van der Waals surface area contributed by atoms with Crippen molar-refractivity contribution < 1.29 is 19.4 Å². The van der Waals surface area contributed by atoms with Crippen molar-refractivity contribution in [3.8, 4) is 5.75 Å². The number of benzene rings is 3. The van der Waals surface area contributed by atoms with Crippen LogP contribution >= 0.6 is 15.9 Å². The van der Waals surface area contributed by atoms with Gasteiger partial charge in [-0.05, 0) is 47.9 Å². The number of halogens is 1. The number of nitrogens with one attached hydrogen (secondary N) is 1. The highest BCUT2D eigenvalue weighted by Crippen LogP contribution is 2.30. The summed E-state index contributed by atoms with van der Waals surface area (Å²) in [5.74, 6) is 0.999. The Morgan fingerprint density at radius 3 is 2.54 bits per heavy atom. The second-order valence-corrected chi connectivity index (χ2v) is 9.30. The topological polar surface area (TPSA) is 80.2 Å². The molecule has 3 aromatic carbocycles. The van der Waals surface area contributed by atoms with Crippen molar-refractivity contribution in [1.82, 2.24) is 5.32 Å². The lowest BCUT2D eigenvalue weighted by atomic mass is 9.91. The van der Waals surface area contributed by atoms with Gasteiger partial charge in [0, 0.05) is 36.0 Å². The molecule has 0 radical (unpaired) electrons. The van der Waals surface area contributed by atoms with Crippen molar-refractivity contribution >= 4 is 27.7 Å². The fourth-order valence-electron chi connectivity index (χ4n) is 3.92. The maximum atomic E-state index is 13.5. The number of aliphatic hydroxyl groups excluding tert-OH is 1. The van der Waals surface area contributed by atoms with Crippen molar-refractivity contribution in [2.75, 3.05) is 26.4 Å². The molecule has 0 fully saturated rings. The fraction of sp³-hybridized carbons (Fsp3) is 0.286. The summed E-state index contributed by atoms with van der Waals surface area (Å²) in [6.45, 7) is 1.22. The molecule has 7 heteroatoms. The summed E-state index contributed by atoms with van der Waals surface area (Å²) >= 11 is 3.60. The van der Waals surface area contributed by atoms with E-state index in [4.69, 9.17) is 19.6 Å². The molecule has 0 unspecified atom stereocenters. The number of hydrogen-bond donors (Lipinski definition) is 2. The summed E-state index contributed by atoms with van der Waals surface area (Å²) in [6, 6.07) is 25.4. The summed E-state index contributed by atoms with van der Waals surface area (Å²) in [5, 5.41) is 12.0. The maximum Gasteiger partial charge on any atom is 0.251 e. The minimum atomic E-state index is -1.06. The molecule has 4 rings (SSSR count). The van der Waals surface area contributed by atoms with E-state index in [9.17, 15) is 4.79 Å². The Morgan fingerprint density at radius 2 is 1.80 bits per heavy atom. The molecule has 1 amide bonds. The molecule has 0 bridgehead atoms. The lowest BCUT2D eigenvalue weighted by Crippen LogP contribution is -2.49. The van der Waals surface area contributed by atoms with Gasteiger partial charge in [-0.3, -0.25) is 4.79 Å². The monoisotopic (exact) mass is 536 g/mol. The van der Waals surface area contributed by atoms with Gasteiger partial charge in [-0.15, -0.1) is 0 Å². The average molecular weight is 537 g/mol. The van der Waals surface area contributed by atoms with E-state index in [1.165, 1.54) is 5.56 Å². The van der Waals surface area contributed by atoms with Gasteiger partial charge in [0.2, 0.25) is 5.90 Å². The first kappa shape index (κ1) is 24.9. The first-order chi connectivity index (χ1) is 17.1. The average Bonchev–Trinajstić information content (AvgIpc) is 3.32. The summed E-state index contributed by atoms with van der Waals surface area (Å²) in [7, 11) is 0. The van der Waals surface area contributed by atoms with Crippen LogP contribution in [0, 0.1) is 0 Å². The van der Waals surface area contributed by atoms with Gasteiger partial charge in [-0.1, -0.05) is 64.5 Å². The van der Waals surface area contributed by atoms with Crippen LogP contribution in [0.1, 0.15) is 23.1 Å². The fourth-order valence-corrected chi connectivity index (χ4v) is 4.34. The number of carbonyl (C=O) groups is 1. The SMILES string of the molecule is O=C(NCCc1ccccc1)[C@@]1(Cc2ccccc2Br)COC(c2ccc(OCCCO)cc2)=N1. The highest BCUT2D eigenvalue weighted by molar-refractivity contribution is 9.10. The van der Waals surface area contributed by atoms with Crippen molar-refractivity contribution in [2.45, 2.75) is 24.8 Å². The molecule has 0 aliphatic carbocycles. The van der Waals surface area contributed by atoms with Crippen LogP contribution in [0.3, 0.4) is 0 Å². The van der Waals surface area contributed by atoms with Crippen LogP contribution in [-0.4, -0.2) is 48.8 Å². The Labute approximate surface area is 214 Å². The second-order valence-electron chi connectivity index (χ2n) is 8.45. The van der Waals surface area contributed by atoms with Gasteiger partial charge >= 0.3 is 0 Å². The molecule has 0 saturated carbocycles. The van der Waals surface area contributed by atoms with Crippen molar-refractivity contribution in [2.24, 2.45) is 4.99 Å².